The summed E-state index contributed by atoms with van der Waals surface area (Å²) in [4.78, 5) is 16.2. The Labute approximate surface area is 174 Å². The molecule has 1 aromatic carbocycles. The second-order valence-electron chi connectivity index (χ2n) is 9.32. The van der Waals surface area contributed by atoms with Crippen LogP contribution >= 0.6 is 11.6 Å². The highest BCUT2D eigenvalue weighted by atomic mass is 35.5. The van der Waals surface area contributed by atoms with Crippen molar-refractivity contribution < 1.29 is 9.53 Å². The predicted molar refractivity (Wildman–Crippen MR) is 109 cm³/mol. The molecule has 0 atom stereocenters. The van der Waals surface area contributed by atoms with Crippen LogP contribution in [-0.4, -0.2) is 57.5 Å². The third-order valence-electron chi connectivity index (χ3n) is 5.63. The van der Waals surface area contributed by atoms with Crippen LogP contribution < -0.4 is 10.2 Å². The van der Waals surface area contributed by atoms with Crippen LogP contribution in [0.25, 0.3) is 5.69 Å². The van der Waals surface area contributed by atoms with Gasteiger partial charge in [0.1, 0.15) is 5.60 Å². The fourth-order valence-electron chi connectivity index (χ4n) is 4.42. The minimum atomic E-state index is -0.463. The van der Waals surface area contributed by atoms with Gasteiger partial charge in [-0.1, -0.05) is 11.6 Å². The smallest absolute Gasteiger partial charge is 0.410 e. The number of likely N-dealkylation sites (tertiary alicyclic amines) is 1. The lowest BCUT2D eigenvalue weighted by atomic mass is 9.73. The van der Waals surface area contributed by atoms with Crippen molar-refractivity contribution in [2.24, 2.45) is 5.41 Å². The van der Waals surface area contributed by atoms with Gasteiger partial charge in [-0.05, 0) is 44.5 Å². The number of ether oxygens (including phenoxy) is 1. The number of amides is 1. The van der Waals surface area contributed by atoms with Gasteiger partial charge in [0.05, 0.1) is 12.2 Å². The lowest BCUT2D eigenvalue weighted by Crippen LogP contribution is -2.73. The lowest BCUT2D eigenvalue weighted by molar-refractivity contribution is -0.0457. The van der Waals surface area contributed by atoms with Gasteiger partial charge >= 0.3 is 6.09 Å². The van der Waals surface area contributed by atoms with Crippen molar-refractivity contribution >= 4 is 23.6 Å². The second kappa shape index (κ2) is 6.34. The van der Waals surface area contributed by atoms with Crippen LogP contribution in [0.3, 0.4) is 0 Å². The summed E-state index contributed by atoms with van der Waals surface area (Å²) in [5, 5.41) is 13.0. The Balaban J connectivity index is 1.31. The molecule has 9 heteroatoms. The minimum Gasteiger partial charge on any atom is -0.444 e. The molecule has 0 aliphatic carbocycles. The van der Waals surface area contributed by atoms with Crippen LogP contribution in [0, 0.1) is 5.41 Å². The number of anilines is 1. The number of halogens is 1. The molecule has 154 valence electrons. The molecule has 3 aliphatic heterocycles. The Hall–Kier alpha value is -2.32. The Bertz CT molecular complexity index is 968. The van der Waals surface area contributed by atoms with E-state index in [1.54, 1.807) is 4.90 Å². The Morgan fingerprint density at radius 3 is 2.66 bits per heavy atom. The van der Waals surface area contributed by atoms with Gasteiger partial charge in [-0.3, -0.25) is 4.57 Å². The number of carbonyl (C=O) groups is 1. The van der Waals surface area contributed by atoms with Gasteiger partial charge in [0, 0.05) is 43.2 Å². The van der Waals surface area contributed by atoms with Crippen LogP contribution in [0.2, 0.25) is 5.02 Å². The first-order valence-corrected chi connectivity index (χ1v) is 10.3. The highest BCUT2D eigenvalue weighted by Crippen LogP contribution is 2.42. The molecule has 2 fully saturated rings. The van der Waals surface area contributed by atoms with Gasteiger partial charge in [-0.25, -0.2) is 4.79 Å². The zero-order valence-electron chi connectivity index (χ0n) is 16.9. The predicted octanol–water partition coefficient (Wildman–Crippen LogP) is 2.58. The maximum absolute atomic E-state index is 12.2. The Morgan fingerprint density at radius 1 is 1.17 bits per heavy atom. The number of carbonyl (C=O) groups excluding carboxylic acids is 1. The summed E-state index contributed by atoms with van der Waals surface area (Å²) in [7, 11) is 0. The van der Waals surface area contributed by atoms with E-state index in [4.69, 9.17) is 16.3 Å². The zero-order chi connectivity index (χ0) is 20.4. The van der Waals surface area contributed by atoms with Crippen LogP contribution in [0.1, 0.15) is 32.2 Å². The molecule has 2 saturated heterocycles. The maximum atomic E-state index is 12.2. The van der Waals surface area contributed by atoms with Crippen molar-refractivity contribution in [2.45, 2.75) is 39.5 Å². The van der Waals surface area contributed by atoms with E-state index in [0.29, 0.717) is 6.54 Å². The van der Waals surface area contributed by atoms with Crippen LogP contribution in [-0.2, 0) is 17.8 Å². The molecule has 1 aromatic heterocycles. The SMILES string of the molecule is CC(C)(C)OC(=O)N1CC2(C1)CN(c1nnc3n1-c1ccc(Cl)cc1CNC3)C2. The Kier molecular flexibility index (Phi) is 4.08. The molecular weight excluding hydrogens is 392 g/mol. The van der Waals surface area contributed by atoms with E-state index in [0.717, 1.165) is 60.8 Å². The number of hydrogen-bond donors (Lipinski definition) is 1. The molecule has 0 bridgehead atoms. The number of benzene rings is 1. The second-order valence-corrected chi connectivity index (χ2v) is 9.76. The quantitative estimate of drug-likeness (QED) is 0.770. The molecule has 2 aromatic rings. The molecule has 8 nitrogen and oxygen atoms in total. The fourth-order valence-corrected chi connectivity index (χ4v) is 4.61. The number of rotatable bonds is 1. The van der Waals surface area contributed by atoms with E-state index in [9.17, 15) is 4.79 Å². The molecule has 1 N–H and O–H groups in total. The number of fused-ring (bicyclic) bond motifs is 3. The average Bonchev–Trinajstić information content (AvgIpc) is 2.86. The van der Waals surface area contributed by atoms with Gasteiger partial charge < -0.3 is 19.9 Å². The highest BCUT2D eigenvalue weighted by Gasteiger charge is 2.55. The molecule has 1 spiro atoms. The van der Waals surface area contributed by atoms with E-state index in [-0.39, 0.29) is 11.5 Å². The van der Waals surface area contributed by atoms with Crippen LogP contribution in [0.4, 0.5) is 10.7 Å². The van der Waals surface area contributed by atoms with E-state index in [2.05, 4.69) is 25.0 Å². The van der Waals surface area contributed by atoms with Crippen molar-refractivity contribution in [3.05, 3.63) is 34.6 Å². The van der Waals surface area contributed by atoms with Gasteiger partial charge in [0.2, 0.25) is 5.95 Å². The normalized spacial score (nSPS) is 19.7. The summed E-state index contributed by atoms with van der Waals surface area (Å²) in [5.74, 6) is 1.75. The summed E-state index contributed by atoms with van der Waals surface area (Å²) < 4.78 is 7.60. The topological polar surface area (TPSA) is 75.5 Å². The molecule has 0 unspecified atom stereocenters. The summed E-state index contributed by atoms with van der Waals surface area (Å²) >= 11 is 6.19. The molecule has 29 heavy (non-hydrogen) atoms. The Morgan fingerprint density at radius 2 is 1.93 bits per heavy atom. The van der Waals surface area contributed by atoms with Crippen LogP contribution in [0.15, 0.2) is 18.2 Å². The molecule has 5 rings (SSSR count). The molecule has 1 amide bonds. The molecule has 0 saturated carbocycles. The monoisotopic (exact) mass is 416 g/mol. The van der Waals surface area contributed by atoms with Crippen molar-refractivity contribution in [1.29, 1.82) is 0 Å². The average molecular weight is 417 g/mol. The summed E-state index contributed by atoms with van der Waals surface area (Å²) in [5.41, 5.74) is 1.87. The summed E-state index contributed by atoms with van der Waals surface area (Å²) in [6.45, 7) is 10.3. The van der Waals surface area contributed by atoms with E-state index in [1.165, 1.54) is 0 Å². The van der Waals surface area contributed by atoms with Crippen molar-refractivity contribution in [3.63, 3.8) is 0 Å². The molecule has 4 heterocycles. The van der Waals surface area contributed by atoms with Crippen molar-refractivity contribution in [3.8, 4) is 5.69 Å². The standard InChI is InChI=1S/C20H25ClN6O2/c1-19(2,3)29-18(28)26-11-20(12-26)9-25(10-20)17-24-23-16-8-22-7-13-6-14(21)4-5-15(13)27(16)17/h4-6,22H,7-12H2,1-3H3. The van der Waals surface area contributed by atoms with Gasteiger partial charge in [0.15, 0.2) is 5.82 Å². The molecular formula is C20H25ClN6O2. The summed E-state index contributed by atoms with van der Waals surface area (Å²) in [6.07, 6.45) is -0.227. The molecule has 0 radical (unpaired) electrons. The first-order valence-electron chi connectivity index (χ1n) is 9.90. The van der Waals surface area contributed by atoms with E-state index < -0.39 is 5.60 Å². The summed E-state index contributed by atoms with van der Waals surface area (Å²) in [6, 6.07) is 5.93. The maximum Gasteiger partial charge on any atom is 0.410 e. The van der Waals surface area contributed by atoms with Gasteiger partial charge in [0.25, 0.3) is 0 Å². The number of hydrogen-bond acceptors (Lipinski definition) is 6. The number of nitrogens with zero attached hydrogens (tertiary/aromatic N) is 5. The van der Waals surface area contributed by atoms with Gasteiger partial charge in [-0.15, -0.1) is 10.2 Å². The van der Waals surface area contributed by atoms with Gasteiger partial charge in [-0.2, -0.15) is 0 Å². The third-order valence-corrected chi connectivity index (χ3v) is 5.87. The number of aromatic nitrogens is 3. The van der Waals surface area contributed by atoms with E-state index >= 15 is 0 Å². The minimum absolute atomic E-state index is 0.134. The lowest BCUT2D eigenvalue weighted by Gasteiger charge is -2.59. The largest absolute Gasteiger partial charge is 0.444 e. The van der Waals surface area contributed by atoms with Crippen molar-refractivity contribution in [1.82, 2.24) is 25.0 Å². The van der Waals surface area contributed by atoms with Crippen molar-refractivity contribution in [2.75, 3.05) is 31.1 Å². The van der Waals surface area contributed by atoms with E-state index in [1.807, 2.05) is 39.0 Å². The first kappa shape index (κ1) is 18.7. The first-order chi connectivity index (χ1) is 13.7. The number of nitrogens with one attached hydrogen (secondary N) is 1. The fraction of sp³-hybridized carbons (Fsp3) is 0.550. The molecule has 3 aliphatic rings. The highest BCUT2D eigenvalue weighted by molar-refractivity contribution is 6.30. The third kappa shape index (κ3) is 3.24. The van der Waals surface area contributed by atoms with Crippen LogP contribution in [0.5, 0.6) is 0 Å². The zero-order valence-corrected chi connectivity index (χ0v) is 17.7.